The first-order valence-corrected chi connectivity index (χ1v) is 5.75. The van der Waals surface area contributed by atoms with Gasteiger partial charge in [0.15, 0.2) is 0 Å². The monoisotopic (exact) mass is 228 g/mol. The fourth-order valence-corrected chi connectivity index (χ4v) is 1.87. The van der Waals surface area contributed by atoms with E-state index in [1.807, 2.05) is 49.4 Å². The maximum Gasteiger partial charge on any atom is 0.221 e. The highest BCUT2D eigenvalue weighted by molar-refractivity contribution is 5.86. The van der Waals surface area contributed by atoms with E-state index < -0.39 is 6.17 Å². The molecule has 2 aromatic carbocycles. The second kappa shape index (κ2) is 4.97. The van der Waals surface area contributed by atoms with Crippen LogP contribution in [0.1, 0.15) is 25.1 Å². The standard InChI is InChI=1S/C14H16N2O/c1-2-13(17)16-14(15)12-9-5-7-10-6-3-4-8-11(10)12/h3-9,14H,2,15H2,1H3,(H,16,17). The Hall–Kier alpha value is -1.87. The molecule has 0 radical (unpaired) electrons. The number of rotatable bonds is 3. The molecule has 0 bridgehead atoms. The van der Waals surface area contributed by atoms with Gasteiger partial charge in [0.2, 0.25) is 5.91 Å². The Balaban J connectivity index is 2.38. The third-order valence-electron chi connectivity index (χ3n) is 2.80. The molecular formula is C14H16N2O. The summed E-state index contributed by atoms with van der Waals surface area (Å²) >= 11 is 0. The highest BCUT2D eigenvalue weighted by Crippen LogP contribution is 2.21. The Labute approximate surface area is 101 Å². The lowest BCUT2D eigenvalue weighted by molar-refractivity contribution is -0.121. The Kier molecular flexibility index (Phi) is 3.40. The zero-order valence-corrected chi connectivity index (χ0v) is 9.81. The molecule has 0 heterocycles. The number of hydrogen-bond donors (Lipinski definition) is 2. The third kappa shape index (κ3) is 2.45. The van der Waals surface area contributed by atoms with Gasteiger partial charge in [-0.15, -0.1) is 0 Å². The highest BCUT2D eigenvalue weighted by atomic mass is 16.1. The summed E-state index contributed by atoms with van der Waals surface area (Å²) < 4.78 is 0. The summed E-state index contributed by atoms with van der Waals surface area (Å²) in [5.41, 5.74) is 6.95. The van der Waals surface area contributed by atoms with Crippen LogP contribution in [0.25, 0.3) is 10.8 Å². The molecule has 0 saturated heterocycles. The normalized spacial score (nSPS) is 12.4. The largest absolute Gasteiger partial charge is 0.337 e. The van der Waals surface area contributed by atoms with Crippen LogP contribution in [-0.2, 0) is 4.79 Å². The lowest BCUT2D eigenvalue weighted by atomic mass is 10.0. The van der Waals surface area contributed by atoms with E-state index in [0.717, 1.165) is 16.3 Å². The lowest BCUT2D eigenvalue weighted by Crippen LogP contribution is -2.33. The Morgan fingerprint density at radius 3 is 2.71 bits per heavy atom. The number of nitrogens with two attached hydrogens (primary N) is 1. The smallest absolute Gasteiger partial charge is 0.221 e. The molecule has 2 aromatic rings. The molecule has 0 aromatic heterocycles. The van der Waals surface area contributed by atoms with Crippen molar-refractivity contribution >= 4 is 16.7 Å². The topological polar surface area (TPSA) is 55.1 Å². The Morgan fingerprint density at radius 1 is 1.24 bits per heavy atom. The summed E-state index contributed by atoms with van der Waals surface area (Å²) in [6.07, 6.45) is -0.00749. The zero-order valence-electron chi connectivity index (χ0n) is 9.81. The minimum absolute atomic E-state index is 0.0366. The number of carbonyl (C=O) groups is 1. The quantitative estimate of drug-likeness (QED) is 0.792. The van der Waals surface area contributed by atoms with E-state index in [2.05, 4.69) is 5.32 Å². The number of amides is 1. The third-order valence-corrected chi connectivity index (χ3v) is 2.80. The SMILES string of the molecule is CCC(=O)NC(N)c1cccc2ccccc12. The van der Waals surface area contributed by atoms with Crippen molar-refractivity contribution in [2.75, 3.05) is 0 Å². The number of fused-ring (bicyclic) bond motifs is 1. The second-order valence-corrected chi connectivity index (χ2v) is 3.97. The second-order valence-electron chi connectivity index (χ2n) is 3.97. The van der Waals surface area contributed by atoms with Crippen LogP contribution in [-0.4, -0.2) is 5.91 Å². The van der Waals surface area contributed by atoms with Crippen LogP contribution in [0, 0.1) is 0 Å². The van der Waals surface area contributed by atoms with Crippen molar-refractivity contribution in [3.05, 3.63) is 48.0 Å². The molecule has 3 heteroatoms. The fraction of sp³-hybridized carbons (Fsp3) is 0.214. The van der Waals surface area contributed by atoms with Crippen molar-refractivity contribution in [3.63, 3.8) is 0 Å². The number of benzene rings is 2. The molecule has 0 aliphatic heterocycles. The predicted molar refractivity (Wildman–Crippen MR) is 69.3 cm³/mol. The average Bonchev–Trinajstić information content (AvgIpc) is 2.37. The summed E-state index contributed by atoms with van der Waals surface area (Å²) in [7, 11) is 0. The van der Waals surface area contributed by atoms with Crippen molar-refractivity contribution in [1.82, 2.24) is 5.32 Å². The van der Waals surface area contributed by atoms with Crippen LogP contribution >= 0.6 is 0 Å². The Bertz CT molecular complexity index is 531. The molecule has 1 unspecified atom stereocenters. The van der Waals surface area contributed by atoms with Gasteiger partial charge in [-0.25, -0.2) is 0 Å². The summed E-state index contributed by atoms with van der Waals surface area (Å²) in [4.78, 5) is 11.3. The van der Waals surface area contributed by atoms with Gasteiger partial charge in [0.25, 0.3) is 0 Å². The molecule has 88 valence electrons. The van der Waals surface area contributed by atoms with E-state index >= 15 is 0 Å². The van der Waals surface area contributed by atoms with Crippen molar-refractivity contribution in [1.29, 1.82) is 0 Å². The minimum Gasteiger partial charge on any atom is -0.337 e. The fourth-order valence-electron chi connectivity index (χ4n) is 1.87. The molecule has 0 saturated carbocycles. The van der Waals surface area contributed by atoms with Gasteiger partial charge < -0.3 is 11.1 Å². The van der Waals surface area contributed by atoms with Crippen LogP contribution in [0.15, 0.2) is 42.5 Å². The minimum atomic E-state index is -0.450. The first-order chi connectivity index (χ1) is 8.22. The molecule has 0 fully saturated rings. The molecule has 1 amide bonds. The van der Waals surface area contributed by atoms with Crippen LogP contribution in [0.4, 0.5) is 0 Å². The summed E-state index contributed by atoms with van der Waals surface area (Å²) in [5, 5.41) is 4.99. The van der Waals surface area contributed by atoms with E-state index in [1.165, 1.54) is 0 Å². The summed E-state index contributed by atoms with van der Waals surface area (Å²) in [6, 6.07) is 13.9. The van der Waals surface area contributed by atoms with Gasteiger partial charge in [-0.2, -0.15) is 0 Å². The molecule has 1 atom stereocenters. The summed E-state index contributed by atoms with van der Waals surface area (Å²) in [5.74, 6) is -0.0366. The molecular weight excluding hydrogens is 212 g/mol. The maximum absolute atomic E-state index is 11.3. The molecule has 3 nitrogen and oxygen atoms in total. The zero-order chi connectivity index (χ0) is 12.3. The van der Waals surface area contributed by atoms with Crippen LogP contribution in [0.2, 0.25) is 0 Å². The molecule has 0 aliphatic carbocycles. The highest BCUT2D eigenvalue weighted by Gasteiger charge is 2.10. The van der Waals surface area contributed by atoms with Gasteiger partial charge in [-0.1, -0.05) is 49.4 Å². The van der Waals surface area contributed by atoms with E-state index in [0.29, 0.717) is 6.42 Å². The Morgan fingerprint density at radius 2 is 1.94 bits per heavy atom. The molecule has 17 heavy (non-hydrogen) atoms. The van der Waals surface area contributed by atoms with E-state index in [4.69, 9.17) is 5.73 Å². The first-order valence-electron chi connectivity index (χ1n) is 5.75. The van der Waals surface area contributed by atoms with Gasteiger partial charge >= 0.3 is 0 Å². The van der Waals surface area contributed by atoms with Gasteiger partial charge in [-0.05, 0) is 16.3 Å². The number of carbonyl (C=O) groups excluding carboxylic acids is 1. The number of nitrogens with one attached hydrogen (secondary N) is 1. The van der Waals surface area contributed by atoms with Crippen LogP contribution in [0.5, 0.6) is 0 Å². The van der Waals surface area contributed by atoms with Gasteiger partial charge in [-0.3, -0.25) is 4.79 Å². The van der Waals surface area contributed by atoms with Gasteiger partial charge in [0.05, 0.1) is 0 Å². The van der Waals surface area contributed by atoms with E-state index in [-0.39, 0.29) is 5.91 Å². The van der Waals surface area contributed by atoms with Crippen LogP contribution in [0.3, 0.4) is 0 Å². The van der Waals surface area contributed by atoms with Crippen molar-refractivity contribution in [3.8, 4) is 0 Å². The molecule has 0 aliphatic rings. The van der Waals surface area contributed by atoms with Crippen molar-refractivity contribution in [2.24, 2.45) is 5.73 Å². The van der Waals surface area contributed by atoms with Gasteiger partial charge in [0, 0.05) is 6.42 Å². The first kappa shape index (κ1) is 11.6. The molecule has 0 spiro atoms. The van der Waals surface area contributed by atoms with Crippen LogP contribution < -0.4 is 11.1 Å². The summed E-state index contributed by atoms with van der Waals surface area (Å²) in [6.45, 7) is 1.81. The van der Waals surface area contributed by atoms with E-state index in [9.17, 15) is 4.79 Å². The molecule has 3 N–H and O–H groups in total. The van der Waals surface area contributed by atoms with E-state index in [1.54, 1.807) is 0 Å². The number of hydrogen-bond acceptors (Lipinski definition) is 2. The predicted octanol–water partition coefficient (Wildman–Crippen LogP) is 2.32. The van der Waals surface area contributed by atoms with Gasteiger partial charge in [0.1, 0.15) is 6.17 Å². The lowest BCUT2D eigenvalue weighted by Gasteiger charge is -2.16. The molecule has 2 rings (SSSR count). The maximum atomic E-state index is 11.3. The van der Waals surface area contributed by atoms with Crippen molar-refractivity contribution in [2.45, 2.75) is 19.5 Å². The van der Waals surface area contributed by atoms with Crippen molar-refractivity contribution < 1.29 is 4.79 Å². The average molecular weight is 228 g/mol.